The molecule has 1 heterocycles. The topological polar surface area (TPSA) is 9.23 Å². The van der Waals surface area contributed by atoms with Gasteiger partial charge in [-0.25, -0.2) is 0 Å². The zero-order valence-corrected chi connectivity index (χ0v) is 11.7. The molecule has 3 heteroatoms. The Labute approximate surface area is 107 Å². The van der Waals surface area contributed by atoms with Crippen molar-refractivity contribution < 1.29 is 4.74 Å². The molecule has 1 nitrogen and oxygen atoms in total. The lowest BCUT2D eigenvalue weighted by atomic mass is 9.94. The fourth-order valence-corrected chi connectivity index (χ4v) is 3.10. The summed E-state index contributed by atoms with van der Waals surface area (Å²) in [7, 11) is 0. The maximum Gasteiger partial charge on any atom is 0.0820 e. The minimum atomic E-state index is 0.0177. The maximum atomic E-state index is 5.88. The van der Waals surface area contributed by atoms with Gasteiger partial charge in [0.15, 0.2) is 0 Å². The van der Waals surface area contributed by atoms with Crippen LogP contribution in [0.2, 0.25) is 0 Å². The Balaban J connectivity index is 2.16. The van der Waals surface area contributed by atoms with E-state index in [2.05, 4.69) is 50.1 Å². The summed E-state index contributed by atoms with van der Waals surface area (Å²) in [6.45, 7) is 0.899. The predicted octanol–water partition coefficient (Wildman–Crippen LogP) is 3.94. The molecule has 0 aliphatic carbocycles. The second kappa shape index (κ2) is 4.98. The molecule has 1 aliphatic heterocycles. The summed E-state index contributed by atoms with van der Waals surface area (Å²) in [6, 6.07) is 8.38. The van der Waals surface area contributed by atoms with Crippen molar-refractivity contribution in [2.75, 3.05) is 11.9 Å². The summed E-state index contributed by atoms with van der Waals surface area (Å²) >= 11 is 7.16. The molecule has 82 valence electrons. The fourth-order valence-electron chi connectivity index (χ4n) is 2.04. The molecule has 1 aliphatic rings. The van der Waals surface area contributed by atoms with E-state index in [0.29, 0.717) is 0 Å². The van der Waals surface area contributed by atoms with Crippen LogP contribution in [-0.2, 0) is 11.2 Å². The van der Waals surface area contributed by atoms with Crippen molar-refractivity contribution in [3.63, 3.8) is 0 Å². The van der Waals surface area contributed by atoms with E-state index >= 15 is 0 Å². The zero-order valence-electron chi connectivity index (χ0n) is 8.51. The van der Waals surface area contributed by atoms with Crippen molar-refractivity contribution >= 4 is 31.9 Å². The van der Waals surface area contributed by atoms with Crippen molar-refractivity contribution in [2.24, 2.45) is 0 Å². The number of hydrogen-bond donors (Lipinski definition) is 0. The lowest BCUT2D eigenvalue weighted by molar-refractivity contribution is 0.0258. The van der Waals surface area contributed by atoms with Crippen molar-refractivity contribution in [1.82, 2.24) is 0 Å². The van der Waals surface area contributed by atoms with Gasteiger partial charge >= 0.3 is 0 Å². The number of alkyl halides is 1. The number of benzene rings is 1. The first kappa shape index (κ1) is 11.6. The van der Waals surface area contributed by atoms with E-state index in [4.69, 9.17) is 4.74 Å². The Morgan fingerprint density at radius 1 is 1.33 bits per heavy atom. The Kier molecular flexibility index (Phi) is 3.86. The van der Waals surface area contributed by atoms with Gasteiger partial charge in [-0.15, -0.1) is 0 Å². The minimum absolute atomic E-state index is 0.0177. The van der Waals surface area contributed by atoms with Crippen LogP contribution in [0.25, 0.3) is 0 Å². The second-order valence-corrected chi connectivity index (χ2v) is 5.45. The van der Waals surface area contributed by atoms with Crippen LogP contribution in [0.4, 0.5) is 0 Å². The van der Waals surface area contributed by atoms with Gasteiger partial charge in [0.1, 0.15) is 0 Å². The van der Waals surface area contributed by atoms with Gasteiger partial charge in [0, 0.05) is 22.8 Å². The highest BCUT2D eigenvalue weighted by molar-refractivity contribution is 9.10. The van der Waals surface area contributed by atoms with Crippen LogP contribution in [0.1, 0.15) is 18.4 Å². The lowest BCUT2D eigenvalue weighted by Gasteiger charge is -2.26. The molecule has 0 aromatic heterocycles. The van der Waals surface area contributed by atoms with Gasteiger partial charge in [-0.2, -0.15) is 0 Å². The van der Waals surface area contributed by atoms with Crippen LogP contribution in [0.5, 0.6) is 0 Å². The standard InChI is InChI=1S/C12H14Br2O/c13-9-12(6-3-7-15-12)8-10-4-1-2-5-11(10)14/h1-2,4-5H,3,6-9H2. The Morgan fingerprint density at radius 3 is 2.73 bits per heavy atom. The fraction of sp³-hybridized carbons (Fsp3) is 0.500. The summed E-state index contributed by atoms with van der Waals surface area (Å²) in [5, 5.41) is 0.918. The van der Waals surface area contributed by atoms with Gasteiger partial charge in [-0.1, -0.05) is 50.1 Å². The second-order valence-electron chi connectivity index (χ2n) is 4.04. The third-order valence-corrected chi connectivity index (χ3v) is 4.69. The lowest BCUT2D eigenvalue weighted by Crippen LogP contribution is -2.32. The Bertz CT molecular complexity index is 332. The molecular formula is C12H14Br2O. The molecule has 1 aromatic carbocycles. The first-order valence-electron chi connectivity index (χ1n) is 5.19. The smallest absolute Gasteiger partial charge is 0.0820 e. The Morgan fingerprint density at radius 2 is 2.13 bits per heavy atom. The summed E-state index contributed by atoms with van der Waals surface area (Å²) in [5.74, 6) is 0. The first-order valence-corrected chi connectivity index (χ1v) is 7.11. The quantitative estimate of drug-likeness (QED) is 0.761. The predicted molar refractivity (Wildman–Crippen MR) is 69.6 cm³/mol. The summed E-state index contributed by atoms with van der Waals surface area (Å²) in [6.07, 6.45) is 3.31. The third-order valence-electron chi connectivity index (χ3n) is 2.90. The highest BCUT2D eigenvalue weighted by Gasteiger charge is 2.34. The van der Waals surface area contributed by atoms with Gasteiger partial charge in [-0.05, 0) is 24.5 Å². The van der Waals surface area contributed by atoms with Crippen molar-refractivity contribution in [3.8, 4) is 0 Å². The summed E-state index contributed by atoms with van der Waals surface area (Å²) in [4.78, 5) is 0. The number of ether oxygens (including phenoxy) is 1. The van der Waals surface area contributed by atoms with E-state index in [0.717, 1.165) is 24.8 Å². The molecule has 0 spiro atoms. The molecule has 0 radical (unpaired) electrons. The van der Waals surface area contributed by atoms with Crippen molar-refractivity contribution in [3.05, 3.63) is 34.3 Å². The van der Waals surface area contributed by atoms with Crippen LogP contribution >= 0.6 is 31.9 Å². The van der Waals surface area contributed by atoms with Gasteiger partial charge in [0.25, 0.3) is 0 Å². The van der Waals surface area contributed by atoms with Crippen LogP contribution in [-0.4, -0.2) is 17.5 Å². The molecule has 1 aromatic rings. The highest BCUT2D eigenvalue weighted by atomic mass is 79.9. The van der Waals surface area contributed by atoms with Crippen LogP contribution in [0, 0.1) is 0 Å². The molecule has 2 rings (SSSR count). The molecule has 1 saturated heterocycles. The van der Waals surface area contributed by atoms with Gasteiger partial charge in [-0.3, -0.25) is 0 Å². The number of halogens is 2. The largest absolute Gasteiger partial charge is 0.374 e. The first-order chi connectivity index (χ1) is 7.26. The Hall–Kier alpha value is 0.140. The SMILES string of the molecule is BrCC1(Cc2ccccc2Br)CCCO1. The van der Waals surface area contributed by atoms with E-state index < -0.39 is 0 Å². The van der Waals surface area contributed by atoms with Gasteiger partial charge in [0.2, 0.25) is 0 Å². The molecule has 1 fully saturated rings. The third kappa shape index (κ3) is 2.63. The molecule has 1 unspecified atom stereocenters. The summed E-state index contributed by atoms with van der Waals surface area (Å²) in [5.41, 5.74) is 1.35. The molecule has 1 atom stereocenters. The van der Waals surface area contributed by atoms with Gasteiger partial charge < -0.3 is 4.74 Å². The van der Waals surface area contributed by atoms with Crippen molar-refractivity contribution in [1.29, 1.82) is 0 Å². The van der Waals surface area contributed by atoms with Crippen LogP contribution in [0.15, 0.2) is 28.7 Å². The summed E-state index contributed by atoms with van der Waals surface area (Å²) < 4.78 is 7.06. The number of hydrogen-bond acceptors (Lipinski definition) is 1. The highest BCUT2D eigenvalue weighted by Crippen LogP contribution is 2.33. The molecular weight excluding hydrogens is 320 g/mol. The normalized spacial score (nSPS) is 25.7. The van der Waals surface area contributed by atoms with E-state index in [1.165, 1.54) is 16.5 Å². The van der Waals surface area contributed by atoms with Crippen LogP contribution in [0.3, 0.4) is 0 Å². The van der Waals surface area contributed by atoms with Gasteiger partial charge in [0.05, 0.1) is 5.60 Å². The molecule has 15 heavy (non-hydrogen) atoms. The molecule has 0 amide bonds. The molecule has 0 bridgehead atoms. The average Bonchev–Trinajstić information content (AvgIpc) is 2.71. The van der Waals surface area contributed by atoms with Crippen LogP contribution < -0.4 is 0 Å². The number of rotatable bonds is 3. The molecule has 0 N–H and O–H groups in total. The van der Waals surface area contributed by atoms with E-state index in [1.807, 2.05) is 6.07 Å². The van der Waals surface area contributed by atoms with Crippen molar-refractivity contribution in [2.45, 2.75) is 24.9 Å². The average molecular weight is 334 g/mol. The van der Waals surface area contributed by atoms with E-state index in [9.17, 15) is 0 Å². The monoisotopic (exact) mass is 332 g/mol. The maximum absolute atomic E-state index is 5.88. The zero-order chi connectivity index (χ0) is 10.7. The minimum Gasteiger partial charge on any atom is -0.374 e. The van der Waals surface area contributed by atoms with E-state index in [1.54, 1.807) is 0 Å². The van der Waals surface area contributed by atoms with E-state index in [-0.39, 0.29) is 5.60 Å². The molecule has 0 saturated carbocycles.